The fraction of sp³-hybridized carbons (Fsp3) is 0.611. The number of hydrogen-bond acceptors (Lipinski definition) is 21. The number of morpholine rings is 2. The van der Waals surface area contributed by atoms with Gasteiger partial charge in [0.1, 0.15) is 11.2 Å². The van der Waals surface area contributed by atoms with Crippen LogP contribution >= 0.6 is 11.6 Å². The van der Waals surface area contributed by atoms with Gasteiger partial charge in [-0.25, -0.2) is 59.4 Å². The summed E-state index contributed by atoms with van der Waals surface area (Å²) in [4.78, 5) is 94.8. The highest BCUT2D eigenvalue weighted by Crippen LogP contribution is 2.39. The zero-order valence-corrected chi connectivity index (χ0v) is 48.4. The van der Waals surface area contributed by atoms with Crippen molar-refractivity contribution in [2.24, 2.45) is 11.8 Å². The molecule has 2 N–H and O–H groups in total. The van der Waals surface area contributed by atoms with Crippen LogP contribution in [0.3, 0.4) is 0 Å². The second-order valence-corrected chi connectivity index (χ2v) is 23.7. The molecular weight excluding hydrogens is 1050 g/mol. The van der Waals surface area contributed by atoms with Crippen molar-refractivity contribution in [1.82, 2.24) is 63.9 Å². The number of imidazole rings is 2. The van der Waals surface area contributed by atoms with Gasteiger partial charge >= 0.3 is 12.2 Å². The Hall–Kier alpha value is -7.12. The predicted molar refractivity (Wildman–Crippen MR) is 302 cm³/mol. The largest absolute Gasteiger partial charge is 0.443 e. The molecule has 6 aromatic heterocycles. The first kappa shape index (κ1) is 56.2. The Labute approximate surface area is 469 Å². The third-order valence-electron chi connectivity index (χ3n) is 14.4. The summed E-state index contributed by atoms with van der Waals surface area (Å²) >= 11 is 6.65. The molecule has 5 fully saturated rings. The van der Waals surface area contributed by atoms with Crippen LogP contribution < -0.4 is 25.3 Å². The first-order chi connectivity index (χ1) is 38.0. The van der Waals surface area contributed by atoms with Crippen molar-refractivity contribution in [3.8, 4) is 22.8 Å². The van der Waals surface area contributed by atoms with Crippen molar-refractivity contribution in [2.75, 3.05) is 91.0 Å². The molecular formula is C54H73ClN18O7. The Morgan fingerprint density at radius 2 is 1.15 bits per heavy atom. The van der Waals surface area contributed by atoms with Gasteiger partial charge in [0.2, 0.25) is 29.0 Å². The number of carbonyl (C=O) groups is 3. The van der Waals surface area contributed by atoms with Gasteiger partial charge in [-0.15, -0.1) is 4.90 Å². The summed E-state index contributed by atoms with van der Waals surface area (Å²) in [6, 6.07) is 0.211. The number of fused-ring (bicyclic) bond motifs is 2. The van der Waals surface area contributed by atoms with E-state index in [9.17, 15) is 14.4 Å². The smallest absolute Gasteiger partial charge is 0.427 e. The molecule has 5 aliphatic rings. The lowest BCUT2D eigenvalue weighted by Crippen LogP contribution is -2.48. The van der Waals surface area contributed by atoms with Gasteiger partial charge < -0.3 is 44.3 Å². The van der Waals surface area contributed by atoms with Gasteiger partial charge in [-0.3, -0.25) is 13.9 Å². The molecule has 428 valence electrons. The molecule has 0 bridgehead atoms. The van der Waals surface area contributed by atoms with Crippen LogP contribution in [0.1, 0.15) is 99.4 Å². The number of nitrogens with zero attached hydrogens (tertiary/aromatic N) is 17. The highest BCUT2D eigenvalue weighted by atomic mass is 35.5. The van der Waals surface area contributed by atoms with Gasteiger partial charge in [-0.2, -0.15) is 0 Å². The Bertz CT molecular complexity index is 3280. The highest BCUT2D eigenvalue weighted by molar-refractivity contribution is 6.29. The SMILES string of the molecule is CC(=O)N1CCN(c2nc3c(N4CCOC[C@@H]4C)nc(-c4cnc(N)nc4C)nc3n2CC2CC2)CC1.Cc1nc(N(C(=O)OC(C)(C)C)C(=O)OC(C)(C)C)ncc1-c1nc(N2CCOC[C@@H]2C)c2nc(Cl)n(CC3CC3)c2n1. The molecule has 26 heteroatoms. The van der Waals surface area contributed by atoms with E-state index in [0.29, 0.717) is 108 Å². The Kier molecular flexibility index (Phi) is 15.7. The van der Waals surface area contributed by atoms with Gasteiger partial charge in [0.05, 0.1) is 61.0 Å². The first-order valence-corrected chi connectivity index (χ1v) is 28.0. The number of ether oxygens (including phenoxy) is 4. The molecule has 80 heavy (non-hydrogen) atoms. The summed E-state index contributed by atoms with van der Waals surface area (Å²) in [5, 5.41) is 0.365. The quantitative estimate of drug-likeness (QED) is 0.135. The molecule has 3 aliphatic heterocycles. The molecule has 0 radical (unpaired) electrons. The Morgan fingerprint density at radius 1 is 0.662 bits per heavy atom. The monoisotopic (exact) mass is 1120 g/mol. The van der Waals surface area contributed by atoms with Crippen LogP contribution in [0.25, 0.3) is 45.1 Å². The van der Waals surface area contributed by atoms with Crippen molar-refractivity contribution in [1.29, 1.82) is 0 Å². The molecule has 9 heterocycles. The number of aryl methyl sites for hydroxylation is 2. The number of halogens is 1. The minimum absolute atomic E-state index is 0.0583. The third-order valence-corrected chi connectivity index (χ3v) is 14.7. The second kappa shape index (κ2) is 22.4. The van der Waals surface area contributed by atoms with E-state index in [1.807, 2.05) is 16.4 Å². The number of aromatic nitrogens is 12. The number of anilines is 5. The number of piperazine rings is 1. The van der Waals surface area contributed by atoms with Gasteiger partial charge in [-0.05, 0) is 118 Å². The van der Waals surface area contributed by atoms with E-state index >= 15 is 0 Å². The maximum atomic E-state index is 13.1. The highest BCUT2D eigenvalue weighted by Gasteiger charge is 2.37. The lowest BCUT2D eigenvalue weighted by molar-refractivity contribution is -0.129. The second-order valence-electron chi connectivity index (χ2n) is 23.4. The van der Waals surface area contributed by atoms with Gasteiger partial charge in [0.25, 0.3) is 0 Å². The zero-order chi connectivity index (χ0) is 56.9. The van der Waals surface area contributed by atoms with E-state index in [0.717, 1.165) is 79.8 Å². The average Bonchev–Trinajstić information content (AvgIpc) is 4.42. The number of carbonyl (C=O) groups excluding carboxylic acids is 3. The molecule has 2 atom stereocenters. The first-order valence-electron chi connectivity index (χ1n) is 27.6. The number of nitrogen functional groups attached to an aromatic ring is 1. The average molecular weight is 1120 g/mol. The molecule has 2 saturated carbocycles. The van der Waals surface area contributed by atoms with E-state index < -0.39 is 23.4 Å². The number of imide groups is 1. The van der Waals surface area contributed by atoms with Crippen molar-refractivity contribution < 1.29 is 33.3 Å². The van der Waals surface area contributed by atoms with E-state index in [-0.39, 0.29) is 29.9 Å². The van der Waals surface area contributed by atoms with Crippen molar-refractivity contribution in [3.05, 3.63) is 29.1 Å². The normalized spacial score (nSPS) is 19.1. The zero-order valence-electron chi connectivity index (χ0n) is 47.7. The van der Waals surface area contributed by atoms with E-state index in [4.69, 9.17) is 61.2 Å². The van der Waals surface area contributed by atoms with Crippen LogP contribution in [-0.2, 0) is 36.8 Å². The molecule has 0 spiro atoms. The van der Waals surface area contributed by atoms with E-state index in [2.05, 4.69) is 58.0 Å². The van der Waals surface area contributed by atoms with Gasteiger partial charge in [0, 0.05) is 71.7 Å². The number of rotatable bonds is 10. The molecule has 6 aromatic rings. The van der Waals surface area contributed by atoms with Crippen LogP contribution in [0.5, 0.6) is 0 Å². The number of hydrogen-bond donors (Lipinski definition) is 1. The summed E-state index contributed by atoms with van der Waals surface area (Å²) in [6.45, 7) is 27.9. The molecule has 3 amide bonds. The van der Waals surface area contributed by atoms with Gasteiger partial charge in [0.15, 0.2) is 45.6 Å². The molecule has 11 rings (SSSR count). The summed E-state index contributed by atoms with van der Waals surface area (Å²) in [5.74, 6) is 4.64. The fourth-order valence-electron chi connectivity index (χ4n) is 9.91. The van der Waals surface area contributed by atoms with Gasteiger partial charge in [-0.1, -0.05) is 0 Å². The van der Waals surface area contributed by atoms with Crippen LogP contribution in [-0.4, -0.2) is 171 Å². The lowest BCUT2D eigenvalue weighted by atomic mass is 10.2. The van der Waals surface area contributed by atoms with E-state index in [1.165, 1.54) is 19.0 Å². The van der Waals surface area contributed by atoms with Crippen LogP contribution in [0, 0.1) is 25.7 Å². The summed E-state index contributed by atoms with van der Waals surface area (Å²) in [5.41, 5.74) is 9.44. The minimum atomic E-state index is -0.950. The molecule has 3 saturated heterocycles. The molecule has 0 unspecified atom stereocenters. The third kappa shape index (κ3) is 12.4. The predicted octanol–water partition coefficient (Wildman–Crippen LogP) is 7.03. The summed E-state index contributed by atoms with van der Waals surface area (Å²) in [7, 11) is 0. The van der Waals surface area contributed by atoms with Crippen LogP contribution in [0.2, 0.25) is 5.28 Å². The Balaban J connectivity index is 0.000000182. The minimum Gasteiger partial charge on any atom is -0.443 e. The van der Waals surface area contributed by atoms with E-state index in [1.54, 1.807) is 61.6 Å². The van der Waals surface area contributed by atoms with Crippen molar-refractivity contribution in [3.63, 3.8) is 0 Å². The molecule has 2 aliphatic carbocycles. The maximum absolute atomic E-state index is 13.1. The lowest BCUT2D eigenvalue weighted by Gasteiger charge is -2.35. The van der Waals surface area contributed by atoms with Crippen LogP contribution in [0.4, 0.5) is 39.1 Å². The topological polar surface area (TPSA) is 269 Å². The fourth-order valence-corrected chi connectivity index (χ4v) is 10.1. The number of amides is 3. The van der Waals surface area contributed by atoms with Crippen molar-refractivity contribution in [2.45, 2.75) is 138 Å². The Morgan fingerprint density at radius 3 is 1.62 bits per heavy atom. The van der Waals surface area contributed by atoms with Crippen molar-refractivity contribution >= 4 is 81.5 Å². The van der Waals surface area contributed by atoms with Crippen LogP contribution in [0.15, 0.2) is 12.4 Å². The summed E-state index contributed by atoms with van der Waals surface area (Å²) < 4.78 is 26.6. The maximum Gasteiger partial charge on any atom is 0.427 e. The molecule has 0 aromatic carbocycles. The number of nitrogens with two attached hydrogens (primary N) is 1. The standard InChI is InChI=1S/C29H39ClN8O5.C25H34N10O2/c1-16-15-41-12-11-36(16)22-20-23(37(24(30)33-20)14-18-9-10-18)35-21(34-22)19-13-31-25(32-17(19)2)38(26(39)42-28(3,4)5)27(40)43-29(6,7)8;1-15-14-37-11-10-34(15)22-20-23(31-21(30-22)19-12-27-24(26)28-16(19)2)35(13-18-4-5-18)25(29-20)33-8-6-32(7-9-33)17(3)36/h13,16,18H,9-12,14-15H2,1-8H3;12,15,18H,4-11,13-14H2,1-3H3,(H2,26,27,28)/t16-;15-/m00/s1. The summed E-state index contributed by atoms with van der Waals surface area (Å²) in [6.07, 6.45) is 6.01. The molecule has 25 nitrogen and oxygen atoms in total.